The van der Waals surface area contributed by atoms with Crippen LogP contribution >= 0.6 is 12.4 Å². The summed E-state index contributed by atoms with van der Waals surface area (Å²) >= 11 is 1.38. The van der Waals surface area contributed by atoms with Gasteiger partial charge in [-0.15, -0.1) is 12.4 Å². The molecule has 0 unspecified atom stereocenters. The van der Waals surface area contributed by atoms with E-state index in [0.717, 1.165) is 2.97 Å². The van der Waals surface area contributed by atoms with Crippen molar-refractivity contribution >= 4 is 38.2 Å². The Morgan fingerprint density at radius 3 is 1.60 bits per heavy atom. The molecule has 0 aliphatic rings. The molecule has 0 bridgehead atoms. The Bertz CT molecular complexity index is 69.7. The van der Waals surface area contributed by atoms with Crippen LogP contribution < -0.4 is 0 Å². The van der Waals surface area contributed by atoms with E-state index in [9.17, 15) is 0 Å². The molecule has 0 nitrogen and oxygen atoms in total. The normalized spacial score (nSPS) is 10.8. The number of hydrogen-bond donors (Lipinski definition) is 0. The van der Waals surface area contributed by atoms with Crippen molar-refractivity contribution in [2.24, 2.45) is 0 Å². The third-order valence-corrected chi connectivity index (χ3v) is 5.80. The Morgan fingerprint density at radius 1 is 1.10 bits per heavy atom. The number of halogens is 1. The number of hydrogen-bond acceptors (Lipinski definition) is 0. The van der Waals surface area contributed by atoms with Gasteiger partial charge < -0.3 is 0 Å². The molecule has 0 saturated carbocycles. The van der Waals surface area contributed by atoms with Crippen LogP contribution in [0.1, 0.15) is 46.5 Å². The minimum absolute atomic E-state index is 0. The first kappa shape index (κ1) is 13.8. The van der Waals surface area contributed by atoms with Gasteiger partial charge in [-0.1, -0.05) is 0 Å². The van der Waals surface area contributed by atoms with E-state index in [1.54, 1.807) is 0 Å². The van der Waals surface area contributed by atoms with Crippen LogP contribution in [0.25, 0.3) is 0 Å². The second-order valence-corrected chi connectivity index (χ2v) is 6.86. The maximum Gasteiger partial charge on any atom is -0.147 e. The van der Waals surface area contributed by atoms with Gasteiger partial charge in [-0.3, -0.25) is 0 Å². The summed E-state index contributed by atoms with van der Waals surface area (Å²) in [7, 11) is 0. The molecule has 0 aliphatic heterocycles. The quantitative estimate of drug-likeness (QED) is 0.678. The van der Waals surface area contributed by atoms with Gasteiger partial charge in [0.2, 0.25) is 0 Å². The van der Waals surface area contributed by atoms with Gasteiger partial charge in [-0.25, -0.2) is 0 Å². The Morgan fingerprint density at radius 2 is 1.50 bits per heavy atom. The predicted octanol–water partition coefficient (Wildman–Crippen LogP) is 3.36. The summed E-state index contributed by atoms with van der Waals surface area (Å²) in [6, 6.07) is 0. The third-order valence-electron chi connectivity index (χ3n) is 2.08. The molecule has 0 aliphatic carbocycles. The Hall–Kier alpha value is 1.21. The maximum atomic E-state index is 2.33. The molecular weight excluding hydrogens is 339 g/mol. The first-order valence-electron chi connectivity index (χ1n) is 3.93. The molecular formula is C8H18ClPb. The Balaban J connectivity index is 0. The summed E-state index contributed by atoms with van der Waals surface area (Å²) in [4.78, 5) is 0. The third kappa shape index (κ3) is 4.94. The molecule has 10 heavy (non-hydrogen) atoms. The molecule has 0 spiro atoms. The molecule has 0 aromatic rings. The Kier molecular flexibility index (Phi) is 9.50. The molecule has 0 amide bonds. The van der Waals surface area contributed by atoms with Gasteiger partial charge in [0.1, 0.15) is 0 Å². The molecule has 0 aromatic heterocycles. The summed E-state index contributed by atoms with van der Waals surface area (Å²) in [6.45, 7) is 6.94. The molecule has 0 heterocycles. The van der Waals surface area contributed by atoms with E-state index in [0.29, 0.717) is 0 Å². The van der Waals surface area contributed by atoms with E-state index in [2.05, 4.69) is 20.8 Å². The SMILES string of the molecule is CCC[C]([Pb])(CC)CC.Cl. The zero-order valence-electron chi connectivity index (χ0n) is 7.24. The van der Waals surface area contributed by atoms with Crippen molar-refractivity contribution in [1.29, 1.82) is 0 Å². The smallest absolute Gasteiger partial charge is 0.147 e. The summed E-state index contributed by atoms with van der Waals surface area (Å²) < 4.78 is 0.773. The second-order valence-electron chi connectivity index (χ2n) is 2.74. The van der Waals surface area contributed by atoms with E-state index in [1.807, 2.05) is 0 Å². The largest absolute Gasteiger partial charge is 0.147 e. The van der Waals surface area contributed by atoms with Gasteiger partial charge in [-0.05, 0) is 0 Å². The topological polar surface area (TPSA) is 0 Å². The van der Waals surface area contributed by atoms with Crippen molar-refractivity contribution in [3.05, 3.63) is 0 Å². The van der Waals surface area contributed by atoms with Gasteiger partial charge in [-0.2, -0.15) is 0 Å². The number of rotatable bonds is 4. The van der Waals surface area contributed by atoms with Crippen LogP contribution in [0.2, 0.25) is 2.97 Å². The first-order valence-corrected chi connectivity index (χ1v) is 5.88. The van der Waals surface area contributed by atoms with Crippen LogP contribution in [0, 0.1) is 0 Å². The fraction of sp³-hybridized carbons (Fsp3) is 1.00. The molecule has 3 radical (unpaired) electrons. The van der Waals surface area contributed by atoms with Crippen molar-refractivity contribution in [3.8, 4) is 0 Å². The first-order chi connectivity index (χ1) is 4.18. The van der Waals surface area contributed by atoms with Crippen LogP contribution in [-0.2, 0) is 0 Å². The van der Waals surface area contributed by atoms with Crippen molar-refractivity contribution in [2.75, 3.05) is 0 Å². The molecule has 61 valence electrons. The van der Waals surface area contributed by atoms with Gasteiger partial charge in [0.25, 0.3) is 0 Å². The predicted molar refractivity (Wildman–Crippen MR) is 51.2 cm³/mol. The van der Waals surface area contributed by atoms with Crippen molar-refractivity contribution < 1.29 is 0 Å². The summed E-state index contributed by atoms with van der Waals surface area (Å²) in [5.41, 5.74) is 0. The van der Waals surface area contributed by atoms with Crippen LogP contribution in [-0.4, -0.2) is 25.8 Å². The van der Waals surface area contributed by atoms with Crippen LogP contribution in [0.4, 0.5) is 0 Å². The van der Waals surface area contributed by atoms with Crippen LogP contribution in [0.5, 0.6) is 0 Å². The van der Waals surface area contributed by atoms with Gasteiger partial charge in [0.15, 0.2) is 0 Å². The van der Waals surface area contributed by atoms with E-state index in [4.69, 9.17) is 0 Å². The van der Waals surface area contributed by atoms with Crippen molar-refractivity contribution in [1.82, 2.24) is 0 Å². The van der Waals surface area contributed by atoms with E-state index in [-0.39, 0.29) is 12.4 Å². The summed E-state index contributed by atoms with van der Waals surface area (Å²) in [5.74, 6) is 0. The molecule has 0 atom stereocenters. The molecule has 2 heteroatoms. The summed E-state index contributed by atoms with van der Waals surface area (Å²) in [6.07, 6.45) is 5.60. The van der Waals surface area contributed by atoms with Gasteiger partial charge >= 0.3 is 75.2 Å². The zero-order chi connectivity index (χ0) is 7.33. The molecule has 0 rings (SSSR count). The monoisotopic (exact) mass is 357 g/mol. The summed E-state index contributed by atoms with van der Waals surface area (Å²) in [5, 5.41) is 0. The fourth-order valence-electron chi connectivity index (χ4n) is 1.08. The minimum Gasteiger partial charge on any atom is -0.147 e. The standard InChI is InChI=1S/C8H17.ClH.Pb/c1-4-7-8(5-2)6-3;;/h4-7H2,1-3H3;1H;. The van der Waals surface area contributed by atoms with Crippen LogP contribution in [0.15, 0.2) is 0 Å². The molecule has 0 fully saturated rings. The molecule has 0 N–H and O–H groups in total. The molecule has 0 saturated heterocycles. The van der Waals surface area contributed by atoms with Crippen LogP contribution in [0.3, 0.4) is 0 Å². The second kappa shape index (κ2) is 6.89. The van der Waals surface area contributed by atoms with Crippen molar-refractivity contribution in [2.45, 2.75) is 49.4 Å². The van der Waals surface area contributed by atoms with E-state index in [1.165, 1.54) is 51.5 Å². The fourth-order valence-corrected chi connectivity index (χ4v) is 2.05. The van der Waals surface area contributed by atoms with Crippen molar-refractivity contribution in [3.63, 3.8) is 0 Å². The van der Waals surface area contributed by atoms with E-state index >= 15 is 0 Å². The maximum absolute atomic E-state index is 2.33. The minimum atomic E-state index is 0. The van der Waals surface area contributed by atoms with Gasteiger partial charge in [0.05, 0.1) is 0 Å². The Labute approximate surface area is 87.3 Å². The average Bonchev–Trinajstić information content (AvgIpc) is 1.89. The van der Waals surface area contributed by atoms with E-state index < -0.39 is 0 Å². The molecule has 0 aromatic carbocycles. The average molecular weight is 357 g/mol. The van der Waals surface area contributed by atoms with Gasteiger partial charge in [0, 0.05) is 0 Å². The zero-order valence-corrected chi connectivity index (χ0v) is 11.9.